The molecule has 90 valence electrons. The van der Waals surface area contributed by atoms with Crippen LogP contribution in [0.25, 0.3) is 0 Å². The average molecular weight is 214 g/mol. The van der Waals surface area contributed by atoms with E-state index in [1.165, 1.54) is 0 Å². The summed E-state index contributed by atoms with van der Waals surface area (Å²) in [6.07, 6.45) is 0. The van der Waals surface area contributed by atoms with Gasteiger partial charge in [0.15, 0.2) is 0 Å². The molecule has 0 amide bonds. The van der Waals surface area contributed by atoms with Crippen LogP contribution in [-0.4, -0.2) is 11.6 Å². The van der Waals surface area contributed by atoms with Crippen LogP contribution >= 0.6 is 0 Å². The van der Waals surface area contributed by atoms with Crippen LogP contribution in [0, 0.1) is 17.3 Å². The standard InChI is InChI=1S/C13H26O2/c1-9(2)13(8,10(3)4)11(14)15-12(5,6)7/h9-10H,1-8H3. The quantitative estimate of drug-likeness (QED) is 0.670. The van der Waals surface area contributed by atoms with Gasteiger partial charge in [-0.1, -0.05) is 27.7 Å². The maximum atomic E-state index is 12.1. The summed E-state index contributed by atoms with van der Waals surface area (Å²) in [4.78, 5) is 12.1. The normalized spacial score (nSPS) is 13.5. The van der Waals surface area contributed by atoms with Crippen LogP contribution in [0.4, 0.5) is 0 Å². The second kappa shape index (κ2) is 4.54. The molecule has 0 heterocycles. The summed E-state index contributed by atoms with van der Waals surface area (Å²) in [6, 6.07) is 0. The molecule has 0 N–H and O–H groups in total. The van der Waals surface area contributed by atoms with Crippen molar-refractivity contribution in [1.29, 1.82) is 0 Å². The molecular formula is C13H26O2. The summed E-state index contributed by atoms with van der Waals surface area (Å²) in [5.74, 6) is 0.486. The van der Waals surface area contributed by atoms with Crippen LogP contribution in [-0.2, 0) is 9.53 Å². The van der Waals surface area contributed by atoms with Crippen LogP contribution in [0.3, 0.4) is 0 Å². The minimum Gasteiger partial charge on any atom is -0.460 e. The van der Waals surface area contributed by atoms with Crippen LogP contribution in [0.5, 0.6) is 0 Å². The van der Waals surface area contributed by atoms with Crippen LogP contribution < -0.4 is 0 Å². The number of esters is 1. The zero-order valence-corrected chi connectivity index (χ0v) is 11.5. The van der Waals surface area contributed by atoms with Crippen LogP contribution in [0.2, 0.25) is 0 Å². The van der Waals surface area contributed by atoms with Gasteiger partial charge in [0.1, 0.15) is 5.60 Å². The van der Waals surface area contributed by atoms with Gasteiger partial charge in [-0.3, -0.25) is 4.79 Å². The topological polar surface area (TPSA) is 26.3 Å². The summed E-state index contributed by atoms with van der Waals surface area (Å²) in [7, 11) is 0. The van der Waals surface area contributed by atoms with Gasteiger partial charge in [-0.05, 0) is 39.5 Å². The molecule has 0 aromatic heterocycles. The molecule has 15 heavy (non-hydrogen) atoms. The Morgan fingerprint density at radius 1 is 0.933 bits per heavy atom. The highest BCUT2D eigenvalue weighted by atomic mass is 16.6. The highest BCUT2D eigenvalue weighted by molar-refractivity contribution is 5.77. The van der Waals surface area contributed by atoms with Gasteiger partial charge < -0.3 is 4.74 Å². The summed E-state index contributed by atoms with van der Waals surface area (Å²) in [5, 5.41) is 0. The fraction of sp³-hybridized carbons (Fsp3) is 0.923. The molecule has 0 saturated heterocycles. The maximum Gasteiger partial charge on any atom is 0.312 e. The highest BCUT2D eigenvalue weighted by Gasteiger charge is 2.42. The van der Waals surface area contributed by atoms with Crippen molar-refractivity contribution in [3.05, 3.63) is 0 Å². The molecule has 0 radical (unpaired) electrons. The molecular weight excluding hydrogens is 188 g/mol. The van der Waals surface area contributed by atoms with E-state index in [0.29, 0.717) is 0 Å². The molecule has 0 fully saturated rings. The van der Waals surface area contributed by atoms with E-state index in [9.17, 15) is 4.79 Å². The highest BCUT2D eigenvalue weighted by Crippen LogP contribution is 2.37. The van der Waals surface area contributed by atoms with E-state index in [2.05, 4.69) is 27.7 Å². The third kappa shape index (κ3) is 3.51. The predicted molar refractivity (Wildman–Crippen MR) is 63.6 cm³/mol. The number of carbonyl (C=O) groups is 1. The van der Waals surface area contributed by atoms with Gasteiger partial charge in [0.05, 0.1) is 5.41 Å². The third-order valence-electron chi connectivity index (χ3n) is 3.24. The van der Waals surface area contributed by atoms with Gasteiger partial charge >= 0.3 is 5.97 Å². The maximum absolute atomic E-state index is 12.1. The molecule has 0 aromatic carbocycles. The minimum absolute atomic E-state index is 0.0833. The lowest BCUT2D eigenvalue weighted by Crippen LogP contribution is -2.42. The first-order valence-electron chi connectivity index (χ1n) is 5.75. The van der Waals surface area contributed by atoms with Gasteiger partial charge in [0, 0.05) is 0 Å². The van der Waals surface area contributed by atoms with Gasteiger partial charge in [0.2, 0.25) is 0 Å². The van der Waals surface area contributed by atoms with Crippen molar-refractivity contribution in [3.8, 4) is 0 Å². The Morgan fingerprint density at radius 2 is 1.27 bits per heavy atom. The summed E-state index contributed by atoms with van der Waals surface area (Å²) < 4.78 is 5.49. The number of ether oxygens (including phenoxy) is 1. The first kappa shape index (κ1) is 14.5. The van der Waals surface area contributed by atoms with E-state index in [1.54, 1.807) is 0 Å². The second-order valence-corrected chi connectivity index (χ2v) is 6.09. The average Bonchev–Trinajstić information content (AvgIpc) is 1.98. The van der Waals surface area contributed by atoms with Crippen molar-refractivity contribution in [3.63, 3.8) is 0 Å². The van der Waals surface area contributed by atoms with Gasteiger partial charge in [-0.2, -0.15) is 0 Å². The van der Waals surface area contributed by atoms with E-state index in [-0.39, 0.29) is 17.8 Å². The lowest BCUT2D eigenvalue weighted by atomic mass is 9.70. The van der Waals surface area contributed by atoms with Crippen molar-refractivity contribution in [1.82, 2.24) is 0 Å². The first-order valence-corrected chi connectivity index (χ1v) is 5.75. The largest absolute Gasteiger partial charge is 0.460 e. The summed E-state index contributed by atoms with van der Waals surface area (Å²) in [5.41, 5.74) is -0.796. The Kier molecular flexibility index (Phi) is 4.38. The minimum atomic E-state index is -0.401. The lowest BCUT2D eigenvalue weighted by Gasteiger charge is -2.37. The molecule has 0 atom stereocenters. The number of hydrogen-bond acceptors (Lipinski definition) is 2. The number of carbonyl (C=O) groups excluding carboxylic acids is 1. The molecule has 2 heteroatoms. The SMILES string of the molecule is CC(C)C(C)(C(=O)OC(C)(C)C)C(C)C. The Morgan fingerprint density at radius 3 is 1.47 bits per heavy atom. The van der Waals surface area contributed by atoms with Crippen molar-refractivity contribution in [2.24, 2.45) is 17.3 Å². The Hall–Kier alpha value is -0.530. The molecule has 0 aliphatic heterocycles. The van der Waals surface area contributed by atoms with Crippen molar-refractivity contribution < 1.29 is 9.53 Å². The zero-order valence-electron chi connectivity index (χ0n) is 11.5. The van der Waals surface area contributed by atoms with Gasteiger partial charge in [-0.15, -0.1) is 0 Å². The third-order valence-corrected chi connectivity index (χ3v) is 3.24. The monoisotopic (exact) mass is 214 g/mol. The smallest absolute Gasteiger partial charge is 0.312 e. The second-order valence-electron chi connectivity index (χ2n) is 6.09. The van der Waals surface area contributed by atoms with Crippen molar-refractivity contribution in [2.75, 3.05) is 0 Å². The van der Waals surface area contributed by atoms with Crippen molar-refractivity contribution in [2.45, 2.75) is 61.0 Å². The van der Waals surface area contributed by atoms with E-state index in [4.69, 9.17) is 4.74 Å². The van der Waals surface area contributed by atoms with Crippen LogP contribution in [0.15, 0.2) is 0 Å². The Balaban J connectivity index is 4.89. The van der Waals surface area contributed by atoms with E-state index in [1.807, 2.05) is 27.7 Å². The molecule has 0 unspecified atom stereocenters. The molecule has 0 bridgehead atoms. The molecule has 0 rings (SSSR count). The molecule has 2 nitrogen and oxygen atoms in total. The van der Waals surface area contributed by atoms with Crippen molar-refractivity contribution >= 4 is 5.97 Å². The van der Waals surface area contributed by atoms with Crippen LogP contribution in [0.1, 0.15) is 55.4 Å². The van der Waals surface area contributed by atoms with E-state index in [0.717, 1.165) is 0 Å². The number of rotatable bonds is 3. The van der Waals surface area contributed by atoms with E-state index < -0.39 is 11.0 Å². The molecule has 0 saturated carbocycles. The number of hydrogen-bond donors (Lipinski definition) is 0. The molecule has 0 spiro atoms. The molecule has 0 aliphatic rings. The summed E-state index contributed by atoms with van der Waals surface area (Å²) >= 11 is 0. The molecule has 0 aliphatic carbocycles. The summed E-state index contributed by atoms with van der Waals surface area (Å²) in [6.45, 7) is 16.0. The first-order chi connectivity index (χ1) is 6.51. The Bertz CT molecular complexity index is 213. The van der Waals surface area contributed by atoms with Gasteiger partial charge in [-0.25, -0.2) is 0 Å². The fourth-order valence-electron chi connectivity index (χ4n) is 1.53. The van der Waals surface area contributed by atoms with E-state index >= 15 is 0 Å². The predicted octanol–water partition coefficient (Wildman–Crippen LogP) is 3.65. The lowest BCUT2D eigenvalue weighted by molar-refractivity contribution is -0.172. The molecule has 0 aromatic rings. The zero-order chi connectivity index (χ0) is 12.4. The van der Waals surface area contributed by atoms with Gasteiger partial charge in [0.25, 0.3) is 0 Å². The Labute approximate surface area is 94.4 Å². The fourth-order valence-corrected chi connectivity index (χ4v) is 1.53.